The second kappa shape index (κ2) is 7.62. The van der Waals surface area contributed by atoms with Crippen LogP contribution in [0.3, 0.4) is 0 Å². The zero-order valence-electron chi connectivity index (χ0n) is 17.3. The highest BCUT2D eigenvalue weighted by molar-refractivity contribution is 7.90. The van der Waals surface area contributed by atoms with E-state index in [0.29, 0.717) is 17.2 Å². The molecule has 9 nitrogen and oxygen atoms in total. The Kier molecular flexibility index (Phi) is 5.10. The van der Waals surface area contributed by atoms with Crippen LogP contribution < -0.4 is 10.0 Å². The van der Waals surface area contributed by atoms with E-state index in [1.54, 1.807) is 47.3 Å². The summed E-state index contributed by atoms with van der Waals surface area (Å²) in [4.78, 5) is 21.3. The molecule has 0 atom stereocenters. The van der Waals surface area contributed by atoms with Gasteiger partial charge in [0.25, 0.3) is 10.0 Å². The number of amides is 1. The standard InChI is InChI=1S/C21H22N6O3S/c1-21(2,3)16-12-18(27(25-16)17-10-6-7-11-22-17)24-19(28)13-23-20-14-8-4-5-9-15(14)31(29,30)26-20/h4-12H,13H2,1-3H3,(H,23,26)(H,24,28). The van der Waals surface area contributed by atoms with Gasteiger partial charge in [0.05, 0.1) is 10.6 Å². The van der Waals surface area contributed by atoms with Crippen LogP contribution >= 0.6 is 0 Å². The van der Waals surface area contributed by atoms with Crippen molar-refractivity contribution in [2.24, 2.45) is 4.99 Å². The Morgan fingerprint density at radius 2 is 1.90 bits per heavy atom. The normalized spacial score (nSPS) is 16.0. The predicted octanol–water partition coefficient (Wildman–Crippen LogP) is 2.24. The van der Waals surface area contributed by atoms with E-state index in [1.165, 1.54) is 6.07 Å². The van der Waals surface area contributed by atoms with Crippen LogP contribution in [0.25, 0.3) is 5.82 Å². The first-order valence-corrected chi connectivity index (χ1v) is 11.1. The van der Waals surface area contributed by atoms with E-state index in [0.717, 1.165) is 5.69 Å². The number of sulfonamides is 1. The van der Waals surface area contributed by atoms with Crippen LogP contribution in [-0.4, -0.2) is 41.5 Å². The van der Waals surface area contributed by atoms with E-state index in [4.69, 9.17) is 0 Å². The Morgan fingerprint density at radius 1 is 1.16 bits per heavy atom. The molecule has 0 bridgehead atoms. The van der Waals surface area contributed by atoms with Crippen molar-refractivity contribution in [1.82, 2.24) is 19.5 Å². The van der Waals surface area contributed by atoms with Crippen molar-refractivity contribution in [1.29, 1.82) is 0 Å². The Balaban J connectivity index is 1.58. The number of carbonyl (C=O) groups is 1. The number of carbonyl (C=O) groups excluding carboxylic acids is 1. The number of benzene rings is 1. The fourth-order valence-corrected chi connectivity index (χ4v) is 4.33. The van der Waals surface area contributed by atoms with Crippen LogP contribution in [-0.2, 0) is 20.2 Å². The topological polar surface area (TPSA) is 118 Å². The van der Waals surface area contributed by atoms with E-state index in [-0.39, 0.29) is 22.7 Å². The fraction of sp³-hybridized carbons (Fsp3) is 0.238. The molecule has 3 heterocycles. The molecule has 2 aromatic heterocycles. The van der Waals surface area contributed by atoms with Gasteiger partial charge in [-0.05, 0) is 24.3 Å². The second-order valence-corrected chi connectivity index (χ2v) is 9.73. The molecule has 0 aliphatic carbocycles. The third kappa shape index (κ3) is 4.19. The number of nitrogens with one attached hydrogen (secondary N) is 2. The quantitative estimate of drug-likeness (QED) is 0.648. The molecule has 31 heavy (non-hydrogen) atoms. The maximum absolute atomic E-state index is 12.6. The number of rotatable bonds is 4. The molecule has 0 spiro atoms. The number of hydrogen-bond donors (Lipinski definition) is 2. The zero-order valence-corrected chi connectivity index (χ0v) is 18.1. The van der Waals surface area contributed by atoms with Crippen molar-refractivity contribution < 1.29 is 13.2 Å². The highest BCUT2D eigenvalue weighted by atomic mass is 32.2. The van der Waals surface area contributed by atoms with Gasteiger partial charge in [-0.3, -0.25) is 14.5 Å². The van der Waals surface area contributed by atoms with Gasteiger partial charge in [-0.1, -0.05) is 39.0 Å². The molecule has 0 fully saturated rings. The first-order valence-electron chi connectivity index (χ1n) is 9.64. The SMILES string of the molecule is CC(C)(C)c1cc(NC(=O)CN=C2NS(=O)(=O)c3ccccc32)n(-c2ccccn2)n1. The highest BCUT2D eigenvalue weighted by Crippen LogP contribution is 2.26. The molecule has 0 saturated carbocycles. The maximum atomic E-state index is 12.6. The summed E-state index contributed by atoms with van der Waals surface area (Å²) in [6, 6.07) is 13.7. The van der Waals surface area contributed by atoms with Crippen molar-refractivity contribution in [3.05, 3.63) is 66.0 Å². The van der Waals surface area contributed by atoms with Gasteiger partial charge in [-0.15, -0.1) is 0 Å². The van der Waals surface area contributed by atoms with Crippen LogP contribution in [0, 0.1) is 0 Å². The number of amidine groups is 1. The van der Waals surface area contributed by atoms with Gasteiger partial charge >= 0.3 is 0 Å². The lowest BCUT2D eigenvalue weighted by Crippen LogP contribution is -2.24. The smallest absolute Gasteiger partial charge is 0.263 e. The Hall–Kier alpha value is -3.53. The van der Waals surface area contributed by atoms with Gasteiger partial charge in [0.15, 0.2) is 5.82 Å². The molecule has 0 saturated heterocycles. The summed E-state index contributed by atoms with van der Waals surface area (Å²) in [7, 11) is -3.65. The Labute approximate surface area is 180 Å². The lowest BCUT2D eigenvalue weighted by Gasteiger charge is -2.13. The number of aliphatic imine (C=N–C) groups is 1. The maximum Gasteiger partial charge on any atom is 0.263 e. The summed E-state index contributed by atoms with van der Waals surface area (Å²) >= 11 is 0. The monoisotopic (exact) mass is 438 g/mol. The minimum absolute atomic E-state index is 0.150. The third-order valence-electron chi connectivity index (χ3n) is 4.66. The zero-order chi connectivity index (χ0) is 22.2. The number of hydrogen-bond acceptors (Lipinski definition) is 6. The summed E-state index contributed by atoms with van der Waals surface area (Å²) in [5.41, 5.74) is 1.01. The molecular weight excluding hydrogens is 416 g/mol. The van der Waals surface area contributed by atoms with E-state index in [9.17, 15) is 13.2 Å². The van der Waals surface area contributed by atoms with Gasteiger partial charge in [0.1, 0.15) is 18.2 Å². The minimum Gasteiger partial charge on any atom is -0.309 e. The molecule has 0 unspecified atom stereocenters. The molecular formula is C21H22N6O3S. The number of pyridine rings is 1. The average Bonchev–Trinajstić information content (AvgIpc) is 3.26. The van der Waals surface area contributed by atoms with E-state index in [2.05, 4.69) is 25.1 Å². The predicted molar refractivity (Wildman–Crippen MR) is 117 cm³/mol. The van der Waals surface area contributed by atoms with E-state index in [1.807, 2.05) is 26.8 Å². The molecule has 4 rings (SSSR count). The van der Waals surface area contributed by atoms with Crippen LogP contribution in [0.1, 0.15) is 32.0 Å². The molecule has 3 aromatic rings. The summed E-state index contributed by atoms with van der Waals surface area (Å²) in [5.74, 6) is 0.770. The molecule has 1 aromatic carbocycles. The first kappa shape index (κ1) is 20.7. The highest BCUT2D eigenvalue weighted by Gasteiger charge is 2.30. The average molecular weight is 439 g/mol. The van der Waals surface area contributed by atoms with Crippen molar-refractivity contribution >= 4 is 27.6 Å². The number of nitrogens with zero attached hydrogens (tertiary/aromatic N) is 4. The summed E-state index contributed by atoms with van der Waals surface area (Å²) in [6.07, 6.45) is 1.65. The van der Waals surface area contributed by atoms with Crippen LogP contribution in [0.2, 0.25) is 0 Å². The lowest BCUT2D eigenvalue weighted by atomic mass is 9.92. The first-order chi connectivity index (χ1) is 14.6. The second-order valence-electron chi connectivity index (χ2n) is 8.08. The lowest BCUT2D eigenvalue weighted by molar-refractivity contribution is -0.114. The summed E-state index contributed by atoms with van der Waals surface area (Å²) < 4.78 is 28.3. The molecule has 1 aliphatic rings. The molecule has 0 radical (unpaired) electrons. The molecule has 160 valence electrons. The van der Waals surface area contributed by atoms with E-state index < -0.39 is 15.9 Å². The van der Waals surface area contributed by atoms with Crippen LogP contribution in [0.4, 0.5) is 5.82 Å². The summed E-state index contributed by atoms with van der Waals surface area (Å²) in [5, 5.41) is 7.41. The third-order valence-corrected chi connectivity index (χ3v) is 6.05. The van der Waals surface area contributed by atoms with Crippen molar-refractivity contribution in [3.8, 4) is 5.82 Å². The van der Waals surface area contributed by atoms with Crippen molar-refractivity contribution in [2.75, 3.05) is 11.9 Å². The van der Waals surface area contributed by atoms with Gasteiger partial charge in [0.2, 0.25) is 5.91 Å². The van der Waals surface area contributed by atoms with Gasteiger partial charge in [-0.2, -0.15) is 9.78 Å². The van der Waals surface area contributed by atoms with Gasteiger partial charge in [0, 0.05) is 23.2 Å². The largest absolute Gasteiger partial charge is 0.309 e. The minimum atomic E-state index is -3.65. The number of fused-ring (bicyclic) bond motifs is 1. The van der Waals surface area contributed by atoms with Crippen LogP contribution in [0.15, 0.2) is 64.6 Å². The molecule has 2 N–H and O–H groups in total. The van der Waals surface area contributed by atoms with Gasteiger partial charge < -0.3 is 5.32 Å². The molecule has 10 heteroatoms. The fourth-order valence-electron chi connectivity index (χ4n) is 3.07. The number of aromatic nitrogens is 3. The molecule has 1 amide bonds. The van der Waals surface area contributed by atoms with Crippen molar-refractivity contribution in [3.63, 3.8) is 0 Å². The van der Waals surface area contributed by atoms with Gasteiger partial charge in [-0.25, -0.2) is 13.4 Å². The number of anilines is 1. The molecule has 1 aliphatic heterocycles. The van der Waals surface area contributed by atoms with E-state index >= 15 is 0 Å². The van der Waals surface area contributed by atoms with Crippen LogP contribution in [0.5, 0.6) is 0 Å². The van der Waals surface area contributed by atoms with Crippen molar-refractivity contribution in [2.45, 2.75) is 31.1 Å². The summed E-state index contributed by atoms with van der Waals surface area (Å²) in [6.45, 7) is 5.82. The Bertz CT molecular complexity index is 1270. The Morgan fingerprint density at radius 3 is 2.61 bits per heavy atom.